The van der Waals surface area contributed by atoms with Gasteiger partial charge in [0, 0.05) is 55.6 Å². The molecule has 37 heavy (non-hydrogen) atoms. The Bertz CT molecular complexity index is 1190. The molecule has 2 fully saturated rings. The summed E-state index contributed by atoms with van der Waals surface area (Å²) in [4.78, 5) is 43.7. The molecule has 0 atom stereocenters. The van der Waals surface area contributed by atoms with E-state index in [-0.39, 0.29) is 29.8 Å². The molecule has 13 nitrogen and oxygen atoms in total. The van der Waals surface area contributed by atoms with E-state index in [1.54, 1.807) is 12.1 Å². The van der Waals surface area contributed by atoms with Crippen LogP contribution in [-0.4, -0.2) is 84.0 Å². The molecule has 0 radical (unpaired) electrons. The van der Waals surface area contributed by atoms with Gasteiger partial charge in [-0.2, -0.15) is 0 Å². The first kappa shape index (κ1) is 25.8. The molecule has 196 valence electrons. The number of carbonyl (C=O) groups excluding carboxylic acids is 2. The Morgan fingerprint density at radius 3 is 2.57 bits per heavy atom. The smallest absolute Gasteiger partial charge is 0.437 e. The van der Waals surface area contributed by atoms with Gasteiger partial charge in [-0.1, -0.05) is 23.4 Å². The summed E-state index contributed by atoms with van der Waals surface area (Å²) < 4.78 is 24.8. The first-order valence-corrected chi connectivity index (χ1v) is 11.5. The number of benzene rings is 1. The van der Waals surface area contributed by atoms with Gasteiger partial charge in [-0.25, -0.2) is 19.2 Å². The Kier molecular flexibility index (Phi) is 8.08. The molecule has 1 aromatic carbocycles. The summed E-state index contributed by atoms with van der Waals surface area (Å²) in [6.45, 7) is 4.65. The van der Waals surface area contributed by atoms with Crippen LogP contribution < -0.4 is 16.4 Å². The molecule has 3 heterocycles. The predicted octanol–water partition coefficient (Wildman–Crippen LogP) is 0.633. The van der Waals surface area contributed by atoms with Crippen molar-refractivity contribution in [3.63, 3.8) is 0 Å². The van der Waals surface area contributed by atoms with Gasteiger partial charge < -0.3 is 30.7 Å². The number of carbonyl (C=O) groups is 2. The SMILES string of the molecule is CC(=O)OCCN1CC(ON=C2CN(c3ncc(-c4cccc(COC(=O)N=C(N)N)c4F)cn3)C2)C1. The highest BCUT2D eigenvalue weighted by Crippen LogP contribution is 2.26. The van der Waals surface area contributed by atoms with Gasteiger partial charge in [-0.3, -0.25) is 9.69 Å². The molecule has 0 aliphatic carbocycles. The summed E-state index contributed by atoms with van der Waals surface area (Å²) in [7, 11) is 0. The van der Waals surface area contributed by atoms with Crippen LogP contribution in [0.4, 0.5) is 15.1 Å². The van der Waals surface area contributed by atoms with E-state index >= 15 is 0 Å². The topological polar surface area (TPSA) is 171 Å². The number of ether oxygens (including phenoxy) is 2. The van der Waals surface area contributed by atoms with Crippen LogP contribution in [0.2, 0.25) is 0 Å². The summed E-state index contributed by atoms with van der Waals surface area (Å²) in [5.74, 6) is -0.794. The monoisotopic (exact) mass is 514 g/mol. The van der Waals surface area contributed by atoms with Crippen molar-refractivity contribution in [1.82, 2.24) is 14.9 Å². The molecule has 2 saturated heterocycles. The third-order valence-corrected chi connectivity index (χ3v) is 5.60. The fraction of sp³-hybridized carbons (Fsp3) is 0.391. The first-order valence-electron chi connectivity index (χ1n) is 11.5. The lowest BCUT2D eigenvalue weighted by Gasteiger charge is -2.38. The summed E-state index contributed by atoms with van der Waals surface area (Å²) in [6, 6.07) is 4.71. The lowest BCUT2D eigenvalue weighted by Crippen LogP contribution is -2.53. The second kappa shape index (κ2) is 11.6. The summed E-state index contributed by atoms with van der Waals surface area (Å²) in [5.41, 5.74) is 12.0. The summed E-state index contributed by atoms with van der Waals surface area (Å²) in [6.07, 6.45) is 2.07. The first-order chi connectivity index (χ1) is 17.8. The average molecular weight is 515 g/mol. The van der Waals surface area contributed by atoms with Crippen LogP contribution in [0.3, 0.4) is 0 Å². The van der Waals surface area contributed by atoms with Crippen LogP contribution in [-0.2, 0) is 25.7 Å². The predicted molar refractivity (Wildman–Crippen MR) is 131 cm³/mol. The average Bonchev–Trinajstić information content (AvgIpc) is 2.80. The van der Waals surface area contributed by atoms with Gasteiger partial charge in [-0.05, 0) is 0 Å². The highest BCUT2D eigenvalue weighted by Gasteiger charge is 2.30. The van der Waals surface area contributed by atoms with E-state index in [1.807, 2.05) is 4.90 Å². The number of amides is 1. The Balaban J connectivity index is 1.24. The van der Waals surface area contributed by atoms with Gasteiger partial charge in [0.2, 0.25) is 5.95 Å². The third kappa shape index (κ3) is 6.88. The largest absolute Gasteiger partial charge is 0.465 e. The van der Waals surface area contributed by atoms with E-state index in [2.05, 4.69) is 25.0 Å². The van der Waals surface area contributed by atoms with Gasteiger partial charge in [0.25, 0.3) is 0 Å². The molecule has 2 aliphatic rings. The second-order valence-corrected chi connectivity index (χ2v) is 8.48. The molecule has 0 spiro atoms. The lowest BCUT2D eigenvalue weighted by atomic mass is 10.1. The number of oxime groups is 1. The Hall–Kier alpha value is -4.33. The maximum atomic E-state index is 15.0. The van der Waals surface area contributed by atoms with Crippen LogP contribution in [0.15, 0.2) is 40.7 Å². The molecular formula is C23H27FN8O5. The van der Waals surface area contributed by atoms with Crippen molar-refractivity contribution in [2.24, 2.45) is 21.6 Å². The number of hydrogen-bond donors (Lipinski definition) is 2. The van der Waals surface area contributed by atoms with Crippen LogP contribution in [0.25, 0.3) is 11.1 Å². The molecule has 0 saturated carbocycles. The molecular weight excluding hydrogens is 487 g/mol. The van der Waals surface area contributed by atoms with Crippen molar-refractivity contribution < 1.29 is 28.3 Å². The van der Waals surface area contributed by atoms with Crippen molar-refractivity contribution in [1.29, 1.82) is 0 Å². The zero-order valence-corrected chi connectivity index (χ0v) is 20.2. The number of likely N-dealkylation sites (tertiary alicyclic amines) is 1. The number of nitrogens with zero attached hydrogens (tertiary/aromatic N) is 6. The molecule has 4 rings (SSSR count). The third-order valence-electron chi connectivity index (χ3n) is 5.60. The molecule has 2 aliphatic heterocycles. The molecule has 1 aromatic heterocycles. The maximum absolute atomic E-state index is 15.0. The zero-order valence-electron chi connectivity index (χ0n) is 20.2. The standard InChI is InChI=1S/C23H27FN8O5/c1-14(33)35-6-5-31-11-18(12-31)37-30-17-9-32(10-17)22-27-7-16(8-28-22)19-4-2-3-15(20(19)24)13-36-23(34)29-21(25)26/h2-4,7-8,18H,5-6,9-13H2,1H3,(H4,25,26,29,34). The van der Waals surface area contributed by atoms with Gasteiger partial charge in [0.1, 0.15) is 19.0 Å². The summed E-state index contributed by atoms with van der Waals surface area (Å²) in [5, 5.41) is 4.20. The highest BCUT2D eigenvalue weighted by molar-refractivity contribution is 5.98. The van der Waals surface area contributed by atoms with Crippen LogP contribution in [0.5, 0.6) is 0 Å². The zero-order chi connectivity index (χ0) is 26.4. The Morgan fingerprint density at radius 2 is 1.89 bits per heavy atom. The minimum atomic E-state index is -1.01. The maximum Gasteiger partial charge on any atom is 0.437 e. The molecule has 4 N–H and O–H groups in total. The van der Waals surface area contributed by atoms with E-state index < -0.39 is 17.9 Å². The van der Waals surface area contributed by atoms with Crippen molar-refractivity contribution in [2.45, 2.75) is 19.6 Å². The number of aliphatic imine (C=N–C) groups is 1. The van der Waals surface area contributed by atoms with Crippen molar-refractivity contribution in [3.05, 3.63) is 42.0 Å². The highest BCUT2D eigenvalue weighted by atomic mass is 19.1. The minimum Gasteiger partial charge on any atom is -0.465 e. The molecule has 14 heteroatoms. The van der Waals surface area contributed by atoms with Crippen LogP contribution >= 0.6 is 0 Å². The van der Waals surface area contributed by atoms with E-state index in [9.17, 15) is 14.0 Å². The van der Waals surface area contributed by atoms with Gasteiger partial charge in [0.15, 0.2) is 12.1 Å². The number of halogens is 1. The lowest BCUT2D eigenvalue weighted by molar-refractivity contribution is -0.142. The number of anilines is 1. The second-order valence-electron chi connectivity index (χ2n) is 8.48. The Morgan fingerprint density at radius 1 is 1.16 bits per heavy atom. The van der Waals surface area contributed by atoms with Crippen molar-refractivity contribution >= 4 is 29.7 Å². The number of guanidine groups is 1. The number of aromatic nitrogens is 2. The van der Waals surface area contributed by atoms with Gasteiger partial charge in [-0.15, -0.1) is 4.99 Å². The number of rotatable bonds is 9. The van der Waals surface area contributed by atoms with E-state index in [0.29, 0.717) is 37.8 Å². The van der Waals surface area contributed by atoms with Crippen molar-refractivity contribution in [2.75, 3.05) is 44.2 Å². The molecule has 0 bridgehead atoms. The van der Waals surface area contributed by atoms with Crippen molar-refractivity contribution in [3.8, 4) is 11.1 Å². The quantitative estimate of drug-likeness (QED) is 0.208. The normalized spacial score (nSPS) is 15.3. The Labute approximate surface area is 211 Å². The number of esters is 1. The van der Waals surface area contributed by atoms with E-state index in [4.69, 9.17) is 25.8 Å². The molecule has 1 amide bonds. The summed E-state index contributed by atoms with van der Waals surface area (Å²) >= 11 is 0. The van der Waals surface area contributed by atoms with Gasteiger partial charge >= 0.3 is 12.1 Å². The minimum absolute atomic E-state index is 0.0233. The molecule has 2 aromatic rings. The number of nitrogens with two attached hydrogens (primary N) is 2. The van der Waals surface area contributed by atoms with Crippen LogP contribution in [0, 0.1) is 5.82 Å². The van der Waals surface area contributed by atoms with E-state index in [0.717, 1.165) is 18.8 Å². The fourth-order valence-corrected chi connectivity index (χ4v) is 3.65. The number of hydrogen-bond acceptors (Lipinski definition) is 10. The fourth-order valence-electron chi connectivity index (χ4n) is 3.65. The van der Waals surface area contributed by atoms with Crippen LogP contribution in [0.1, 0.15) is 12.5 Å². The van der Waals surface area contributed by atoms with E-state index in [1.165, 1.54) is 25.4 Å². The molecule has 0 unspecified atom stereocenters. The van der Waals surface area contributed by atoms with Gasteiger partial charge in [0.05, 0.1) is 18.8 Å².